The fourth-order valence-corrected chi connectivity index (χ4v) is 1.91. The minimum atomic E-state index is -0.283. The molecule has 0 aromatic carbocycles. The number of rotatable bonds is 1. The zero-order valence-corrected chi connectivity index (χ0v) is 9.21. The summed E-state index contributed by atoms with van der Waals surface area (Å²) in [6, 6.07) is 0. The Morgan fingerprint density at radius 1 is 1.60 bits per heavy atom. The molecule has 1 aliphatic heterocycles. The number of H-pyrrole nitrogens is 1. The van der Waals surface area contributed by atoms with E-state index in [2.05, 4.69) is 23.0 Å². The molecule has 2 heterocycles. The highest BCUT2D eigenvalue weighted by atomic mass is 35.5. The van der Waals surface area contributed by atoms with Crippen molar-refractivity contribution in [2.75, 3.05) is 18.0 Å². The second-order valence-electron chi connectivity index (χ2n) is 3.63. The lowest BCUT2D eigenvalue weighted by atomic mass is 10.1. The zero-order valence-electron chi connectivity index (χ0n) is 8.46. The van der Waals surface area contributed by atoms with E-state index in [9.17, 15) is 4.79 Å². The van der Waals surface area contributed by atoms with E-state index in [1.54, 1.807) is 0 Å². The zero-order chi connectivity index (χ0) is 10.8. The average Bonchev–Trinajstić information content (AvgIpc) is 2.22. The molecule has 15 heavy (non-hydrogen) atoms. The summed E-state index contributed by atoms with van der Waals surface area (Å²) in [4.78, 5) is 19.9. The molecule has 0 atom stereocenters. The van der Waals surface area contributed by atoms with Crippen LogP contribution in [0.15, 0.2) is 22.8 Å². The first-order valence-corrected chi connectivity index (χ1v) is 5.20. The largest absolute Gasteiger partial charge is 0.351 e. The molecule has 0 radical (unpaired) electrons. The van der Waals surface area contributed by atoms with Crippen molar-refractivity contribution in [3.8, 4) is 0 Å². The van der Waals surface area contributed by atoms with Gasteiger partial charge in [0, 0.05) is 13.1 Å². The van der Waals surface area contributed by atoms with Gasteiger partial charge in [0.2, 0.25) is 0 Å². The fourth-order valence-electron chi connectivity index (χ4n) is 1.69. The van der Waals surface area contributed by atoms with Gasteiger partial charge >= 0.3 is 0 Å². The lowest BCUT2D eigenvalue weighted by Gasteiger charge is -2.27. The molecule has 5 heteroatoms. The minimum absolute atomic E-state index is 0.173. The van der Waals surface area contributed by atoms with Crippen molar-refractivity contribution in [1.82, 2.24) is 9.97 Å². The van der Waals surface area contributed by atoms with Gasteiger partial charge in [-0.2, -0.15) is 0 Å². The van der Waals surface area contributed by atoms with E-state index in [-0.39, 0.29) is 10.6 Å². The molecule has 4 nitrogen and oxygen atoms in total. The predicted molar refractivity (Wildman–Crippen MR) is 60.5 cm³/mol. The third-order valence-corrected chi connectivity index (χ3v) is 2.75. The van der Waals surface area contributed by atoms with Crippen LogP contribution in [0.5, 0.6) is 0 Å². The number of nitrogens with one attached hydrogen (secondary N) is 1. The summed E-state index contributed by atoms with van der Waals surface area (Å²) in [6.07, 6.45) is 4.55. The Kier molecular flexibility index (Phi) is 2.77. The van der Waals surface area contributed by atoms with E-state index in [1.165, 1.54) is 11.9 Å². The summed E-state index contributed by atoms with van der Waals surface area (Å²) in [5.41, 5.74) is 0.994. The second-order valence-corrected chi connectivity index (χ2v) is 4.01. The number of anilines is 1. The SMILES string of the molecule is CC1=CCCN(c2nc[nH]c(=O)c2Cl)C1. The van der Waals surface area contributed by atoms with Crippen LogP contribution in [0.25, 0.3) is 0 Å². The molecule has 1 aliphatic rings. The van der Waals surface area contributed by atoms with Crippen LogP contribution in [0.4, 0.5) is 5.82 Å². The molecule has 2 rings (SSSR count). The maximum absolute atomic E-state index is 11.3. The van der Waals surface area contributed by atoms with Gasteiger partial charge in [-0.3, -0.25) is 4.79 Å². The van der Waals surface area contributed by atoms with Crippen LogP contribution >= 0.6 is 11.6 Å². The number of aromatic nitrogens is 2. The Morgan fingerprint density at radius 3 is 3.13 bits per heavy atom. The quantitative estimate of drug-likeness (QED) is 0.739. The molecule has 0 unspecified atom stereocenters. The summed E-state index contributed by atoms with van der Waals surface area (Å²) in [6.45, 7) is 3.71. The van der Waals surface area contributed by atoms with E-state index < -0.39 is 0 Å². The predicted octanol–water partition coefficient (Wildman–Crippen LogP) is 1.58. The number of hydrogen-bond donors (Lipinski definition) is 1. The second kappa shape index (κ2) is 4.06. The molecule has 1 aromatic rings. The van der Waals surface area contributed by atoms with Gasteiger partial charge in [-0.05, 0) is 13.3 Å². The first-order valence-electron chi connectivity index (χ1n) is 4.82. The lowest BCUT2D eigenvalue weighted by Crippen LogP contribution is -2.31. The molecule has 1 N–H and O–H groups in total. The molecule has 0 saturated heterocycles. The highest BCUT2D eigenvalue weighted by Gasteiger charge is 2.16. The molecule has 80 valence electrons. The fraction of sp³-hybridized carbons (Fsp3) is 0.400. The number of hydrogen-bond acceptors (Lipinski definition) is 3. The summed E-state index contributed by atoms with van der Waals surface area (Å²) >= 11 is 5.91. The Hall–Kier alpha value is -1.29. The maximum Gasteiger partial charge on any atom is 0.271 e. The molecule has 1 aromatic heterocycles. The van der Waals surface area contributed by atoms with Crippen molar-refractivity contribution < 1.29 is 0 Å². The molecule has 0 aliphatic carbocycles. The van der Waals surface area contributed by atoms with Crippen LogP contribution in [-0.4, -0.2) is 23.1 Å². The van der Waals surface area contributed by atoms with Gasteiger partial charge in [-0.25, -0.2) is 4.98 Å². The van der Waals surface area contributed by atoms with Gasteiger partial charge in [0.15, 0.2) is 5.82 Å². The smallest absolute Gasteiger partial charge is 0.271 e. The molecule has 0 saturated carbocycles. The summed E-state index contributed by atoms with van der Waals surface area (Å²) in [5.74, 6) is 0.577. The van der Waals surface area contributed by atoms with Gasteiger partial charge in [0.25, 0.3) is 5.56 Å². The summed E-state index contributed by atoms with van der Waals surface area (Å²) in [7, 11) is 0. The first-order chi connectivity index (χ1) is 7.18. The van der Waals surface area contributed by atoms with E-state index in [1.807, 2.05) is 4.90 Å². The highest BCUT2D eigenvalue weighted by Crippen LogP contribution is 2.21. The topological polar surface area (TPSA) is 49.0 Å². The molecule has 0 bridgehead atoms. The number of halogens is 1. The van der Waals surface area contributed by atoms with Crippen LogP contribution in [0, 0.1) is 0 Å². The first kappa shape index (κ1) is 10.2. The van der Waals surface area contributed by atoms with Gasteiger partial charge < -0.3 is 9.88 Å². The average molecular weight is 226 g/mol. The van der Waals surface area contributed by atoms with Crippen molar-refractivity contribution in [3.05, 3.63) is 33.4 Å². The van der Waals surface area contributed by atoms with E-state index in [0.717, 1.165) is 19.5 Å². The standard InChI is InChI=1S/C10H12ClN3O/c1-7-3-2-4-14(5-7)9-8(11)10(15)13-6-12-9/h3,6H,2,4-5H2,1H3,(H,12,13,15). The van der Waals surface area contributed by atoms with Gasteiger partial charge in [-0.15, -0.1) is 0 Å². The van der Waals surface area contributed by atoms with Crippen molar-refractivity contribution in [2.24, 2.45) is 0 Å². The third-order valence-electron chi connectivity index (χ3n) is 2.41. The van der Waals surface area contributed by atoms with E-state index >= 15 is 0 Å². The normalized spacial score (nSPS) is 16.4. The van der Waals surface area contributed by atoms with Crippen molar-refractivity contribution in [1.29, 1.82) is 0 Å². The summed E-state index contributed by atoms with van der Waals surface area (Å²) < 4.78 is 0. The Morgan fingerprint density at radius 2 is 2.40 bits per heavy atom. The summed E-state index contributed by atoms with van der Waals surface area (Å²) in [5, 5.41) is 0.173. The van der Waals surface area contributed by atoms with Crippen molar-refractivity contribution in [3.63, 3.8) is 0 Å². The maximum atomic E-state index is 11.3. The van der Waals surface area contributed by atoms with Gasteiger partial charge in [-0.1, -0.05) is 23.3 Å². The highest BCUT2D eigenvalue weighted by molar-refractivity contribution is 6.32. The van der Waals surface area contributed by atoms with Crippen LogP contribution in [0.1, 0.15) is 13.3 Å². The lowest BCUT2D eigenvalue weighted by molar-refractivity contribution is 0.774. The van der Waals surface area contributed by atoms with Crippen molar-refractivity contribution in [2.45, 2.75) is 13.3 Å². The molecule has 0 fully saturated rings. The monoisotopic (exact) mass is 225 g/mol. The molecule has 0 amide bonds. The molecule has 0 spiro atoms. The Bertz CT molecular complexity index is 452. The Labute approximate surface area is 92.6 Å². The Balaban J connectivity index is 2.34. The number of aromatic amines is 1. The molecular weight excluding hydrogens is 214 g/mol. The van der Waals surface area contributed by atoms with E-state index in [0.29, 0.717) is 5.82 Å². The van der Waals surface area contributed by atoms with Gasteiger partial charge in [0.05, 0.1) is 6.33 Å². The van der Waals surface area contributed by atoms with E-state index in [4.69, 9.17) is 11.6 Å². The minimum Gasteiger partial charge on any atom is -0.351 e. The van der Waals surface area contributed by atoms with Crippen molar-refractivity contribution >= 4 is 17.4 Å². The van der Waals surface area contributed by atoms with Gasteiger partial charge in [0.1, 0.15) is 5.02 Å². The molecular formula is C10H12ClN3O. The number of nitrogens with zero attached hydrogens (tertiary/aromatic N) is 2. The van der Waals surface area contributed by atoms with Crippen LogP contribution in [0.3, 0.4) is 0 Å². The van der Waals surface area contributed by atoms with Crippen LogP contribution < -0.4 is 10.5 Å². The van der Waals surface area contributed by atoms with Crippen LogP contribution in [-0.2, 0) is 0 Å². The van der Waals surface area contributed by atoms with Crippen LogP contribution in [0.2, 0.25) is 5.02 Å². The third kappa shape index (κ3) is 2.04.